The van der Waals surface area contributed by atoms with Gasteiger partial charge in [0.2, 0.25) is 0 Å². The van der Waals surface area contributed by atoms with E-state index in [1.165, 1.54) is 11.1 Å². The highest BCUT2D eigenvalue weighted by Crippen LogP contribution is 2.15. The highest BCUT2D eigenvalue weighted by molar-refractivity contribution is 9.10. The maximum Gasteiger partial charge on any atom is 0.162 e. The van der Waals surface area contributed by atoms with Gasteiger partial charge in [-0.15, -0.1) is 10.2 Å². The molecular formula is C10H11BrN4O. The number of benzene rings is 1. The van der Waals surface area contributed by atoms with Gasteiger partial charge in [0.15, 0.2) is 6.33 Å². The van der Waals surface area contributed by atoms with Gasteiger partial charge in [-0.25, -0.2) is 0 Å². The number of nitrogens with zero attached hydrogens (tertiary/aromatic N) is 4. The first kappa shape index (κ1) is 11.2. The molecule has 0 spiro atoms. The van der Waals surface area contributed by atoms with E-state index in [4.69, 9.17) is 0 Å². The molecule has 6 heteroatoms. The van der Waals surface area contributed by atoms with Crippen molar-refractivity contribution in [2.45, 2.75) is 12.5 Å². The highest BCUT2D eigenvalue weighted by atomic mass is 79.9. The van der Waals surface area contributed by atoms with E-state index in [9.17, 15) is 5.11 Å². The zero-order valence-corrected chi connectivity index (χ0v) is 10.1. The van der Waals surface area contributed by atoms with E-state index in [1.54, 1.807) is 0 Å². The van der Waals surface area contributed by atoms with Crippen LogP contribution in [0.5, 0.6) is 0 Å². The Hall–Kier alpha value is -1.27. The standard InChI is InChI=1S/C10H11BrN4O/c11-9-3-1-8(2-4-9)5-10(6-16)15-13-7-12-14-15/h1-4,7,10,16H,5-6H2. The molecule has 84 valence electrons. The van der Waals surface area contributed by atoms with Crippen LogP contribution in [-0.4, -0.2) is 31.9 Å². The van der Waals surface area contributed by atoms with E-state index in [0.29, 0.717) is 6.42 Å². The average Bonchev–Trinajstić information content (AvgIpc) is 2.82. The number of aromatic nitrogens is 4. The summed E-state index contributed by atoms with van der Waals surface area (Å²) in [6, 6.07) is 7.79. The summed E-state index contributed by atoms with van der Waals surface area (Å²) in [6.07, 6.45) is 2.05. The van der Waals surface area contributed by atoms with Gasteiger partial charge < -0.3 is 5.11 Å². The molecule has 2 rings (SSSR count). The van der Waals surface area contributed by atoms with Crippen LogP contribution in [0, 0.1) is 0 Å². The molecule has 16 heavy (non-hydrogen) atoms. The molecule has 0 amide bonds. The lowest BCUT2D eigenvalue weighted by Gasteiger charge is -2.12. The number of aliphatic hydroxyl groups is 1. The molecule has 0 aliphatic heterocycles. The van der Waals surface area contributed by atoms with E-state index in [0.717, 1.165) is 10.0 Å². The second kappa shape index (κ2) is 5.18. The SMILES string of the molecule is OCC(Cc1ccc(Br)cc1)n1ncnn1. The normalized spacial score (nSPS) is 12.6. The fourth-order valence-corrected chi connectivity index (χ4v) is 1.72. The third-order valence-corrected chi connectivity index (χ3v) is 2.82. The Morgan fingerprint density at radius 3 is 2.62 bits per heavy atom. The van der Waals surface area contributed by atoms with E-state index in [1.807, 2.05) is 24.3 Å². The molecule has 1 aromatic carbocycles. The molecule has 1 aromatic heterocycles. The first-order valence-corrected chi connectivity index (χ1v) is 5.66. The molecule has 1 N–H and O–H groups in total. The van der Waals surface area contributed by atoms with Crippen LogP contribution in [0.1, 0.15) is 11.6 Å². The molecule has 0 aliphatic carbocycles. The summed E-state index contributed by atoms with van der Waals surface area (Å²) in [4.78, 5) is 1.43. The van der Waals surface area contributed by atoms with Crippen LogP contribution in [0.3, 0.4) is 0 Å². The largest absolute Gasteiger partial charge is 0.394 e. The van der Waals surface area contributed by atoms with Crippen LogP contribution in [0.4, 0.5) is 0 Å². The van der Waals surface area contributed by atoms with Crippen LogP contribution < -0.4 is 0 Å². The Balaban J connectivity index is 2.10. The second-order valence-corrected chi connectivity index (χ2v) is 4.34. The summed E-state index contributed by atoms with van der Waals surface area (Å²) in [5.41, 5.74) is 1.12. The third kappa shape index (κ3) is 2.65. The molecule has 5 nitrogen and oxygen atoms in total. The van der Waals surface area contributed by atoms with Crippen molar-refractivity contribution in [2.24, 2.45) is 0 Å². The smallest absolute Gasteiger partial charge is 0.162 e. The Morgan fingerprint density at radius 1 is 1.31 bits per heavy atom. The lowest BCUT2D eigenvalue weighted by Crippen LogP contribution is -2.18. The maximum atomic E-state index is 9.28. The van der Waals surface area contributed by atoms with Gasteiger partial charge in [-0.05, 0) is 29.3 Å². The van der Waals surface area contributed by atoms with Gasteiger partial charge in [-0.1, -0.05) is 28.1 Å². The molecule has 1 heterocycles. The predicted molar refractivity (Wildman–Crippen MR) is 61.8 cm³/mol. The number of hydrogen-bond acceptors (Lipinski definition) is 4. The van der Waals surface area contributed by atoms with Crippen LogP contribution in [0.25, 0.3) is 0 Å². The number of halogens is 1. The zero-order chi connectivity index (χ0) is 11.4. The van der Waals surface area contributed by atoms with Crippen LogP contribution in [0.2, 0.25) is 0 Å². The van der Waals surface area contributed by atoms with Crippen molar-refractivity contribution < 1.29 is 5.11 Å². The molecule has 2 aromatic rings. The van der Waals surface area contributed by atoms with E-state index >= 15 is 0 Å². The molecule has 1 atom stereocenters. The van der Waals surface area contributed by atoms with Crippen molar-refractivity contribution >= 4 is 15.9 Å². The van der Waals surface area contributed by atoms with Gasteiger partial charge >= 0.3 is 0 Å². The summed E-state index contributed by atoms with van der Waals surface area (Å²) >= 11 is 3.38. The van der Waals surface area contributed by atoms with Crippen molar-refractivity contribution in [2.75, 3.05) is 6.61 Å². The maximum absolute atomic E-state index is 9.28. The average molecular weight is 283 g/mol. The minimum atomic E-state index is -0.163. The molecule has 0 fully saturated rings. The van der Waals surface area contributed by atoms with Crippen LogP contribution >= 0.6 is 15.9 Å². The minimum absolute atomic E-state index is 0.00752. The molecule has 0 saturated heterocycles. The summed E-state index contributed by atoms with van der Waals surface area (Å²) in [7, 11) is 0. The molecule has 0 radical (unpaired) electrons. The minimum Gasteiger partial charge on any atom is -0.394 e. The molecular weight excluding hydrogens is 272 g/mol. The number of aliphatic hydroxyl groups excluding tert-OH is 1. The van der Waals surface area contributed by atoms with E-state index in [-0.39, 0.29) is 12.6 Å². The quantitative estimate of drug-likeness (QED) is 0.916. The summed E-state index contributed by atoms with van der Waals surface area (Å²) in [5, 5.41) is 20.6. The summed E-state index contributed by atoms with van der Waals surface area (Å²) in [5.74, 6) is 0. The monoisotopic (exact) mass is 282 g/mol. The van der Waals surface area contributed by atoms with E-state index < -0.39 is 0 Å². The lowest BCUT2D eigenvalue weighted by molar-refractivity contribution is 0.204. The van der Waals surface area contributed by atoms with Gasteiger partial charge in [0.1, 0.15) is 6.04 Å². The van der Waals surface area contributed by atoms with Gasteiger partial charge in [0, 0.05) is 4.47 Å². The van der Waals surface area contributed by atoms with Crippen molar-refractivity contribution in [3.63, 3.8) is 0 Å². The first-order chi connectivity index (χ1) is 7.79. The van der Waals surface area contributed by atoms with Crippen LogP contribution in [-0.2, 0) is 6.42 Å². The Labute approximate surface area is 101 Å². The second-order valence-electron chi connectivity index (χ2n) is 3.42. The fourth-order valence-electron chi connectivity index (χ4n) is 1.45. The van der Waals surface area contributed by atoms with Gasteiger partial charge in [0.25, 0.3) is 0 Å². The van der Waals surface area contributed by atoms with Gasteiger partial charge in [0.05, 0.1) is 6.61 Å². The topological polar surface area (TPSA) is 63.8 Å². The van der Waals surface area contributed by atoms with Crippen molar-refractivity contribution in [1.29, 1.82) is 0 Å². The Bertz CT molecular complexity index is 429. The fraction of sp³-hybridized carbons (Fsp3) is 0.300. The molecule has 1 unspecified atom stereocenters. The Morgan fingerprint density at radius 2 is 2.06 bits per heavy atom. The number of tetrazole rings is 1. The molecule has 0 bridgehead atoms. The summed E-state index contributed by atoms with van der Waals surface area (Å²) < 4.78 is 1.04. The predicted octanol–water partition coefficient (Wildman–Crippen LogP) is 1.21. The van der Waals surface area contributed by atoms with Gasteiger partial charge in [-0.2, -0.15) is 4.80 Å². The van der Waals surface area contributed by atoms with Crippen molar-refractivity contribution in [1.82, 2.24) is 20.2 Å². The number of hydrogen-bond donors (Lipinski definition) is 1. The number of rotatable bonds is 4. The lowest BCUT2D eigenvalue weighted by atomic mass is 10.1. The van der Waals surface area contributed by atoms with Crippen LogP contribution in [0.15, 0.2) is 35.1 Å². The summed E-state index contributed by atoms with van der Waals surface area (Å²) in [6.45, 7) is -0.00752. The third-order valence-electron chi connectivity index (χ3n) is 2.29. The first-order valence-electron chi connectivity index (χ1n) is 4.87. The van der Waals surface area contributed by atoms with Crippen molar-refractivity contribution in [3.8, 4) is 0 Å². The van der Waals surface area contributed by atoms with E-state index in [2.05, 4.69) is 31.3 Å². The Kier molecular flexibility index (Phi) is 3.63. The van der Waals surface area contributed by atoms with Gasteiger partial charge in [-0.3, -0.25) is 0 Å². The zero-order valence-electron chi connectivity index (χ0n) is 8.49. The molecule has 0 saturated carbocycles. The molecule has 0 aliphatic rings. The van der Waals surface area contributed by atoms with Crippen molar-refractivity contribution in [3.05, 3.63) is 40.6 Å². The highest BCUT2D eigenvalue weighted by Gasteiger charge is 2.12.